The number of benzene rings is 1. The number of amides is 1. The maximum Gasteiger partial charge on any atom is 0.239 e. The quantitative estimate of drug-likeness (QED) is 0.779. The van der Waals surface area contributed by atoms with Gasteiger partial charge in [0, 0.05) is 13.1 Å². The van der Waals surface area contributed by atoms with Crippen LogP contribution in [-0.4, -0.2) is 35.0 Å². The van der Waals surface area contributed by atoms with Crippen LogP contribution in [0.5, 0.6) is 5.75 Å². The zero-order valence-corrected chi connectivity index (χ0v) is 9.10. The van der Waals surface area contributed by atoms with Gasteiger partial charge in [0.05, 0.1) is 6.04 Å². The molecule has 4 nitrogen and oxygen atoms in total. The van der Waals surface area contributed by atoms with Crippen molar-refractivity contribution < 1.29 is 9.90 Å². The summed E-state index contributed by atoms with van der Waals surface area (Å²) in [6.45, 7) is 1.47. The number of hydrogen-bond donors (Lipinski definition) is 2. The van der Waals surface area contributed by atoms with Gasteiger partial charge in [-0.25, -0.2) is 0 Å². The molecule has 1 fully saturated rings. The van der Waals surface area contributed by atoms with Gasteiger partial charge >= 0.3 is 0 Å². The van der Waals surface area contributed by atoms with Crippen molar-refractivity contribution in [3.8, 4) is 5.75 Å². The van der Waals surface area contributed by atoms with Crippen LogP contribution in [0.4, 0.5) is 0 Å². The van der Waals surface area contributed by atoms with E-state index in [-0.39, 0.29) is 17.7 Å². The van der Waals surface area contributed by atoms with Crippen molar-refractivity contribution in [1.29, 1.82) is 0 Å². The van der Waals surface area contributed by atoms with Crippen molar-refractivity contribution in [2.75, 3.05) is 13.1 Å². The number of likely N-dealkylation sites (tertiary alicyclic amines) is 1. The van der Waals surface area contributed by atoms with E-state index in [0.717, 1.165) is 24.9 Å². The molecule has 1 aromatic rings. The van der Waals surface area contributed by atoms with Crippen molar-refractivity contribution in [3.63, 3.8) is 0 Å². The Labute approximate surface area is 94.7 Å². The molecule has 1 aliphatic rings. The predicted octanol–water partition coefficient (Wildman–Crippen LogP) is 0.494. The Balaban J connectivity index is 1.88. The highest BCUT2D eigenvalue weighted by Gasteiger charge is 2.27. The van der Waals surface area contributed by atoms with E-state index in [2.05, 4.69) is 0 Å². The number of nitrogens with two attached hydrogens (primary N) is 1. The standard InChI is InChI=1S/C12H16N2O2/c13-11-6-8-14(12(11)16)7-5-9-1-3-10(15)4-2-9/h1-4,11,15H,5-8,13H2. The molecule has 3 N–H and O–H groups in total. The largest absolute Gasteiger partial charge is 0.508 e. The Hall–Kier alpha value is -1.55. The number of nitrogens with zero attached hydrogens (tertiary/aromatic N) is 1. The van der Waals surface area contributed by atoms with Crippen molar-refractivity contribution in [2.45, 2.75) is 18.9 Å². The topological polar surface area (TPSA) is 66.6 Å². The molecule has 2 rings (SSSR count). The number of phenolic OH excluding ortho intramolecular Hbond substituents is 1. The van der Waals surface area contributed by atoms with E-state index < -0.39 is 0 Å². The van der Waals surface area contributed by atoms with Crippen LogP contribution in [0.3, 0.4) is 0 Å². The molecule has 0 saturated carbocycles. The van der Waals surface area contributed by atoms with Gasteiger partial charge in [0.2, 0.25) is 5.91 Å². The number of aromatic hydroxyl groups is 1. The van der Waals surface area contributed by atoms with Crippen LogP contribution in [-0.2, 0) is 11.2 Å². The van der Waals surface area contributed by atoms with Gasteiger partial charge in [0.25, 0.3) is 0 Å². The normalized spacial score (nSPS) is 20.4. The van der Waals surface area contributed by atoms with E-state index in [1.165, 1.54) is 0 Å². The summed E-state index contributed by atoms with van der Waals surface area (Å²) in [5.41, 5.74) is 6.75. The van der Waals surface area contributed by atoms with E-state index in [4.69, 9.17) is 10.8 Å². The van der Waals surface area contributed by atoms with Gasteiger partial charge in [-0.2, -0.15) is 0 Å². The number of carbonyl (C=O) groups is 1. The monoisotopic (exact) mass is 220 g/mol. The molecular formula is C12H16N2O2. The highest BCUT2D eigenvalue weighted by atomic mass is 16.3. The summed E-state index contributed by atoms with van der Waals surface area (Å²) in [4.78, 5) is 13.3. The molecule has 0 spiro atoms. The zero-order valence-electron chi connectivity index (χ0n) is 9.10. The minimum Gasteiger partial charge on any atom is -0.508 e. The Morgan fingerprint density at radius 3 is 2.62 bits per heavy atom. The number of carbonyl (C=O) groups excluding carboxylic acids is 1. The summed E-state index contributed by atoms with van der Waals surface area (Å²) < 4.78 is 0. The number of rotatable bonds is 3. The molecule has 0 aromatic heterocycles. The van der Waals surface area contributed by atoms with Gasteiger partial charge in [-0.1, -0.05) is 12.1 Å². The lowest BCUT2D eigenvalue weighted by Gasteiger charge is -2.15. The maximum absolute atomic E-state index is 11.5. The van der Waals surface area contributed by atoms with Crippen LogP contribution >= 0.6 is 0 Å². The molecule has 1 amide bonds. The zero-order chi connectivity index (χ0) is 11.5. The Bertz CT molecular complexity index is 375. The average molecular weight is 220 g/mol. The summed E-state index contributed by atoms with van der Waals surface area (Å²) in [6, 6.07) is 6.76. The fourth-order valence-electron chi connectivity index (χ4n) is 1.91. The molecular weight excluding hydrogens is 204 g/mol. The minimum atomic E-state index is -0.306. The van der Waals surface area contributed by atoms with Crippen molar-refractivity contribution in [1.82, 2.24) is 4.90 Å². The molecule has 1 atom stereocenters. The summed E-state index contributed by atoms with van der Waals surface area (Å²) in [5, 5.41) is 9.13. The molecule has 0 aliphatic carbocycles. The van der Waals surface area contributed by atoms with Gasteiger partial charge in [-0.3, -0.25) is 4.79 Å². The van der Waals surface area contributed by atoms with Crippen molar-refractivity contribution in [3.05, 3.63) is 29.8 Å². The van der Waals surface area contributed by atoms with Gasteiger partial charge in [-0.15, -0.1) is 0 Å². The first-order chi connectivity index (χ1) is 7.66. The first kappa shape index (κ1) is 11.0. The molecule has 1 aromatic carbocycles. The lowest BCUT2D eigenvalue weighted by molar-refractivity contribution is -0.128. The Morgan fingerprint density at radius 2 is 2.06 bits per heavy atom. The summed E-state index contributed by atoms with van der Waals surface area (Å²) in [6.07, 6.45) is 1.56. The fraction of sp³-hybridized carbons (Fsp3) is 0.417. The second kappa shape index (κ2) is 4.53. The molecule has 4 heteroatoms. The maximum atomic E-state index is 11.5. The van der Waals surface area contributed by atoms with E-state index in [1.807, 2.05) is 12.1 Å². The molecule has 1 saturated heterocycles. The Kier molecular flexibility index (Phi) is 3.10. The molecule has 16 heavy (non-hydrogen) atoms. The van der Waals surface area contributed by atoms with Crippen LogP contribution < -0.4 is 5.73 Å². The van der Waals surface area contributed by atoms with E-state index in [9.17, 15) is 4.79 Å². The SMILES string of the molecule is NC1CCN(CCc2ccc(O)cc2)C1=O. The highest BCUT2D eigenvalue weighted by Crippen LogP contribution is 2.13. The highest BCUT2D eigenvalue weighted by molar-refractivity contribution is 5.83. The second-order valence-corrected chi connectivity index (χ2v) is 4.14. The van der Waals surface area contributed by atoms with Crippen LogP contribution in [0.15, 0.2) is 24.3 Å². The van der Waals surface area contributed by atoms with E-state index in [0.29, 0.717) is 6.54 Å². The number of hydrogen-bond acceptors (Lipinski definition) is 3. The van der Waals surface area contributed by atoms with Crippen LogP contribution in [0, 0.1) is 0 Å². The molecule has 1 unspecified atom stereocenters. The van der Waals surface area contributed by atoms with Gasteiger partial charge in [-0.05, 0) is 30.5 Å². The molecule has 1 aliphatic heterocycles. The number of phenols is 1. The molecule has 1 heterocycles. The fourth-order valence-corrected chi connectivity index (χ4v) is 1.91. The molecule has 0 radical (unpaired) electrons. The lowest BCUT2D eigenvalue weighted by Crippen LogP contribution is -2.35. The second-order valence-electron chi connectivity index (χ2n) is 4.14. The summed E-state index contributed by atoms with van der Waals surface area (Å²) >= 11 is 0. The van der Waals surface area contributed by atoms with Crippen LogP contribution in [0.25, 0.3) is 0 Å². The third-order valence-corrected chi connectivity index (χ3v) is 2.95. The van der Waals surface area contributed by atoms with E-state index >= 15 is 0 Å². The Morgan fingerprint density at radius 1 is 1.38 bits per heavy atom. The van der Waals surface area contributed by atoms with Crippen LogP contribution in [0.2, 0.25) is 0 Å². The van der Waals surface area contributed by atoms with Gasteiger partial charge in [0.1, 0.15) is 5.75 Å². The lowest BCUT2D eigenvalue weighted by atomic mass is 10.1. The molecule has 86 valence electrons. The predicted molar refractivity (Wildman–Crippen MR) is 61.0 cm³/mol. The third-order valence-electron chi connectivity index (χ3n) is 2.95. The smallest absolute Gasteiger partial charge is 0.239 e. The first-order valence-corrected chi connectivity index (χ1v) is 5.49. The third kappa shape index (κ3) is 2.33. The van der Waals surface area contributed by atoms with Crippen LogP contribution in [0.1, 0.15) is 12.0 Å². The van der Waals surface area contributed by atoms with Crippen molar-refractivity contribution >= 4 is 5.91 Å². The van der Waals surface area contributed by atoms with Gasteiger partial charge in [0.15, 0.2) is 0 Å². The average Bonchev–Trinajstić information content (AvgIpc) is 2.60. The molecule has 0 bridgehead atoms. The summed E-state index contributed by atoms with van der Waals surface area (Å²) in [5.74, 6) is 0.321. The van der Waals surface area contributed by atoms with E-state index in [1.54, 1.807) is 17.0 Å². The first-order valence-electron chi connectivity index (χ1n) is 5.49. The van der Waals surface area contributed by atoms with Gasteiger partial charge < -0.3 is 15.7 Å². The minimum absolute atomic E-state index is 0.0544. The van der Waals surface area contributed by atoms with Crippen molar-refractivity contribution in [2.24, 2.45) is 5.73 Å². The summed E-state index contributed by atoms with van der Waals surface area (Å²) in [7, 11) is 0.